The van der Waals surface area contributed by atoms with Crippen molar-refractivity contribution in [2.45, 2.75) is 31.7 Å². The Kier molecular flexibility index (Phi) is 5.66. The fraction of sp³-hybridized carbons (Fsp3) is 0.462. The van der Waals surface area contributed by atoms with Crippen LogP contribution >= 0.6 is 0 Å². The van der Waals surface area contributed by atoms with Gasteiger partial charge in [-0.05, 0) is 37.1 Å². The molecule has 0 spiro atoms. The maximum Gasteiger partial charge on any atom is 0.153 e. The zero-order valence-corrected chi connectivity index (χ0v) is 10.1. The number of carbonyl (C=O) groups excluding carboxylic acids is 1. The molecule has 17 heavy (non-hydrogen) atoms. The summed E-state index contributed by atoms with van der Waals surface area (Å²) in [6.45, 7) is 0.649. The zero-order valence-electron chi connectivity index (χ0n) is 10.1. The summed E-state index contributed by atoms with van der Waals surface area (Å²) in [6.07, 6.45) is 2.88. The average molecular weight is 235 g/mol. The molecular weight excluding hydrogens is 214 g/mol. The monoisotopic (exact) mass is 235 g/mol. The first kappa shape index (κ1) is 13.7. The number of nitrogen functional groups attached to an aromatic ring is 1. The molecular formula is C13H21N3O. The van der Waals surface area contributed by atoms with Crippen LogP contribution < -0.4 is 17.2 Å². The Morgan fingerprint density at radius 3 is 2.71 bits per heavy atom. The van der Waals surface area contributed by atoms with Crippen molar-refractivity contribution in [2.75, 3.05) is 12.3 Å². The van der Waals surface area contributed by atoms with Gasteiger partial charge in [-0.1, -0.05) is 18.6 Å². The summed E-state index contributed by atoms with van der Waals surface area (Å²) in [6, 6.07) is 6.96. The average Bonchev–Trinajstić information content (AvgIpc) is 2.29. The third-order valence-corrected chi connectivity index (χ3v) is 2.71. The molecule has 0 heterocycles. The molecule has 6 N–H and O–H groups in total. The minimum absolute atomic E-state index is 0.0626. The molecule has 0 aliphatic carbocycles. The van der Waals surface area contributed by atoms with Crippen LogP contribution in [0.5, 0.6) is 0 Å². The molecule has 0 aliphatic heterocycles. The molecule has 0 bridgehead atoms. The van der Waals surface area contributed by atoms with E-state index in [1.54, 1.807) is 6.07 Å². The zero-order chi connectivity index (χ0) is 12.7. The van der Waals surface area contributed by atoms with E-state index < -0.39 is 0 Å². The van der Waals surface area contributed by atoms with E-state index in [1.165, 1.54) is 0 Å². The molecule has 0 saturated carbocycles. The molecule has 0 fully saturated rings. The van der Waals surface area contributed by atoms with Crippen molar-refractivity contribution >= 4 is 11.5 Å². The normalized spacial score (nSPS) is 12.4. The summed E-state index contributed by atoms with van der Waals surface area (Å²) in [5.74, 6) is 0.0626. The minimum Gasteiger partial charge on any atom is -0.399 e. The van der Waals surface area contributed by atoms with E-state index in [9.17, 15) is 4.79 Å². The largest absolute Gasteiger partial charge is 0.399 e. The molecule has 1 atom stereocenters. The van der Waals surface area contributed by atoms with E-state index in [4.69, 9.17) is 17.2 Å². The van der Waals surface area contributed by atoms with Gasteiger partial charge in [0.05, 0.1) is 6.04 Å². The predicted octanol–water partition coefficient (Wildman–Crippen LogP) is 0.837. The Morgan fingerprint density at radius 2 is 2.06 bits per heavy atom. The van der Waals surface area contributed by atoms with Crippen molar-refractivity contribution < 1.29 is 4.79 Å². The Hall–Kier alpha value is -1.39. The van der Waals surface area contributed by atoms with Crippen LogP contribution in [0.1, 0.15) is 24.8 Å². The van der Waals surface area contributed by atoms with Gasteiger partial charge in [-0.25, -0.2) is 0 Å². The number of anilines is 1. The third-order valence-electron chi connectivity index (χ3n) is 2.71. The molecule has 1 rings (SSSR count). The lowest BCUT2D eigenvalue weighted by molar-refractivity contribution is -0.119. The Labute approximate surface area is 102 Å². The molecule has 0 aromatic heterocycles. The highest BCUT2D eigenvalue weighted by atomic mass is 16.1. The topological polar surface area (TPSA) is 95.1 Å². The summed E-state index contributed by atoms with van der Waals surface area (Å²) in [5, 5.41) is 0. The lowest BCUT2D eigenvalue weighted by Crippen LogP contribution is -2.31. The summed E-state index contributed by atoms with van der Waals surface area (Å²) in [5.41, 5.74) is 18.5. The number of benzene rings is 1. The van der Waals surface area contributed by atoms with Crippen molar-refractivity contribution in [3.8, 4) is 0 Å². The molecule has 0 aliphatic rings. The quantitative estimate of drug-likeness (QED) is 0.482. The SMILES string of the molecule is NCCCC[C@H](N)C(=O)Cc1cccc(N)c1. The van der Waals surface area contributed by atoms with Gasteiger partial charge < -0.3 is 17.2 Å². The Bertz CT molecular complexity index is 365. The predicted molar refractivity (Wildman–Crippen MR) is 70.4 cm³/mol. The number of unbranched alkanes of at least 4 members (excludes halogenated alkanes) is 1. The Balaban J connectivity index is 2.43. The lowest BCUT2D eigenvalue weighted by atomic mass is 10.00. The van der Waals surface area contributed by atoms with E-state index in [0.29, 0.717) is 25.1 Å². The first-order chi connectivity index (χ1) is 8.13. The van der Waals surface area contributed by atoms with Gasteiger partial charge in [-0.15, -0.1) is 0 Å². The number of nitrogens with two attached hydrogens (primary N) is 3. The van der Waals surface area contributed by atoms with Gasteiger partial charge in [-0.2, -0.15) is 0 Å². The second kappa shape index (κ2) is 7.04. The van der Waals surface area contributed by atoms with Gasteiger partial charge in [0, 0.05) is 12.1 Å². The number of hydrogen-bond acceptors (Lipinski definition) is 4. The maximum absolute atomic E-state index is 11.8. The molecule has 94 valence electrons. The lowest BCUT2D eigenvalue weighted by Gasteiger charge is -2.10. The van der Waals surface area contributed by atoms with Gasteiger partial charge in [0.2, 0.25) is 0 Å². The molecule has 4 nitrogen and oxygen atoms in total. The summed E-state index contributed by atoms with van der Waals surface area (Å²) in [4.78, 5) is 11.8. The van der Waals surface area contributed by atoms with Crippen molar-refractivity contribution in [2.24, 2.45) is 11.5 Å². The fourth-order valence-electron chi connectivity index (χ4n) is 1.70. The van der Waals surface area contributed by atoms with Gasteiger partial charge in [0.25, 0.3) is 0 Å². The van der Waals surface area contributed by atoms with Crippen LogP contribution in [0.15, 0.2) is 24.3 Å². The smallest absolute Gasteiger partial charge is 0.153 e. The molecule has 0 saturated heterocycles. The number of ketones is 1. The molecule has 1 aromatic rings. The minimum atomic E-state index is -0.386. The van der Waals surface area contributed by atoms with Crippen LogP contribution in [0.3, 0.4) is 0 Å². The number of hydrogen-bond donors (Lipinski definition) is 3. The molecule has 0 amide bonds. The van der Waals surface area contributed by atoms with Crippen molar-refractivity contribution in [3.05, 3.63) is 29.8 Å². The van der Waals surface area contributed by atoms with Crippen LogP contribution in [-0.4, -0.2) is 18.4 Å². The van der Waals surface area contributed by atoms with E-state index in [0.717, 1.165) is 18.4 Å². The third kappa shape index (κ3) is 4.97. The highest BCUT2D eigenvalue weighted by Gasteiger charge is 2.13. The molecule has 0 unspecified atom stereocenters. The van der Waals surface area contributed by atoms with Crippen molar-refractivity contribution in [3.63, 3.8) is 0 Å². The molecule has 0 radical (unpaired) electrons. The highest BCUT2D eigenvalue weighted by molar-refractivity contribution is 5.86. The second-order valence-electron chi connectivity index (χ2n) is 4.28. The van der Waals surface area contributed by atoms with Gasteiger partial charge >= 0.3 is 0 Å². The van der Waals surface area contributed by atoms with Crippen LogP contribution in [0.2, 0.25) is 0 Å². The second-order valence-corrected chi connectivity index (χ2v) is 4.28. The van der Waals surface area contributed by atoms with E-state index in [-0.39, 0.29) is 11.8 Å². The Morgan fingerprint density at radius 1 is 1.29 bits per heavy atom. The van der Waals surface area contributed by atoms with Crippen LogP contribution in [-0.2, 0) is 11.2 Å². The highest BCUT2D eigenvalue weighted by Crippen LogP contribution is 2.09. The summed E-state index contributed by atoms with van der Waals surface area (Å²) >= 11 is 0. The summed E-state index contributed by atoms with van der Waals surface area (Å²) < 4.78 is 0. The molecule has 1 aromatic carbocycles. The maximum atomic E-state index is 11.8. The standard InChI is InChI=1S/C13H21N3O/c14-7-2-1-6-12(16)13(17)9-10-4-3-5-11(15)8-10/h3-5,8,12H,1-2,6-7,9,14-16H2/t12-/m0/s1. The fourth-order valence-corrected chi connectivity index (χ4v) is 1.70. The van der Waals surface area contributed by atoms with Gasteiger partial charge in [-0.3, -0.25) is 4.79 Å². The van der Waals surface area contributed by atoms with Crippen molar-refractivity contribution in [1.82, 2.24) is 0 Å². The van der Waals surface area contributed by atoms with Crippen LogP contribution in [0.25, 0.3) is 0 Å². The van der Waals surface area contributed by atoms with E-state index >= 15 is 0 Å². The molecule has 4 heteroatoms. The number of Topliss-reactive ketones (excluding diaryl/α,β-unsaturated/α-hetero) is 1. The summed E-state index contributed by atoms with van der Waals surface area (Å²) in [7, 11) is 0. The van der Waals surface area contributed by atoms with Crippen LogP contribution in [0.4, 0.5) is 5.69 Å². The van der Waals surface area contributed by atoms with Gasteiger partial charge in [0.1, 0.15) is 0 Å². The van der Waals surface area contributed by atoms with E-state index in [2.05, 4.69) is 0 Å². The number of rotatable bonds is 7. The van der Waals surface area contributed by atoms with E-state index in [1.807, 2.05) is 18.2 Å². The van der Waals surface area contributed by atoms with Gasteiger partial charge in [0.15, 0.2) is 5.78 Å². The van der Waals surface area contributed by atoms with Crippen LogP contribution in [0, 0.1) is 0 Å². The van der Waals surface area contributed by atoms with Crippen molar-refractivity contribution in [1.29, 1.82) is 0 Å². The first-order valence-corrected chi connectivity index (χ1v) is 5.96. The number of carbonyl (C=O) groups is 1. The first-order valence-electron chi connectivity index (χ1n) is 5.96.